The average Bonchev–Trinajstić information content (AvgIpc) is 2.82. The fourth-order valence-electron chi connectivity index (χ4n) is 3.67. The summed E-state index contributed by atoms with van der Waals surface area (Å²) in [5, 5.41) is 1.36. The zero-order valence-corrected chi connectivity index (χ0v) is 17.1. The molecule has 0 saturated heterocycles. The molecule has 0 aliphatic carbocycles. The normalized spacial score (nSPS) is 12.1. The second-order valence-corrected chi connectivity index (χ2v) is 7.54. The van der Waals surface area contributed by atoms with Crippen LogP contribution in [0.1, 0.15) is 16.7 Å². The van der Waals surface area contributed by atoms with Gasteiger partial charge in [-0.2, -0.15) is 13.2 Å². The van der Waals surface area contributed by atoms with Crippen LogP contribution >= 0.6 is 0 Å². The fraction of sp³-hybridized carbons (Fsp3) is 0.0370. The first-order valence-corrected chi connectivity index (χ1v) is 10.2. The van der Waals surface area contributed by atoms with Gasteiger partial charge in [-0.25, -0.2) is 4.98 Å². The Labute approximate surface area is 186 Å². The van der Waals surface area contributed by atoms with Crippen molar-refractivity contribution in [3.05, 3.63) is 112 Å². The number of rotatable bonds is 3. The lowest BCUT2D eigenvalue weighted by atomic mass is 10.0. The molecule has 5 rings (SSSR count). The highest BCUT2D eigenvalue weighted by Gasteiger charge is 2.29. The van der Waals surface area contributed by atoms with Crippen LogP contribution in [0.15, 0.2) is 94.1 Å². The zero-order valence-electron chi connectivity index (χ0n) is 17.1. The van der Waals surface area contributed by atoms with E-state index in [1.165, 1.54) is 18.2 Å². The summed E-state index contributed by atoms with van der Waals surface area (Å²) < 4.78 is 44.4. The zero-order chi connectivity index (χ0) is 23.0. The first kappa shape index (κ1) is 20.7. The van der Waals surface area contributed by atoms with E-state index in [9.17, 15) is 18.0 Å². The Kier molecular flexibility index (Phi) is 5.05. The standard InChI is InChI=1S/C27H16F3NO2/c28-27(29,30)19-13-10-17(11-14-19)9-12-18-15-23(31-22-7-3-1-5-20(18)22)26-16-24(32)21-6-2-4-8-25(21)33-26/h1-16H/b12-9+. The highest BCUT2D eigenvalue weighted by atomic mass is 19.4. The van der Waals surface area contributed by atoms with Crippen LogP contribution in [0.25, 0.3) is 45.5 Å². The third-order valence-electron chi connectivity index (χ3n) is 5.33. The van der Waals surface area contributed by atoms with Gasteiger partial charge in [0.05, 0.1) is 16.5 Å². The first-order valence-electron chi connectivity index (χ1n) is 10.2. The summed E-state index contributed by atoms with van der Waals surface area (Å²) in [7, 11) is 0. The molecular weight excluding hydrogens is 427 g/mol. The molecule has 2 aromatic heterocycles. The predicted octanol–water partition coefficient (Wildman–Crippen LogP) is 7.20. The molecule has 0 unspecified atom stereocenters. The molecule has 33 heavy (non-hydrogen) atoms. The maximum Gasteiger partial charge on any atom is 0.416 e. The van der Waals surface area contributed by atoms with Crippen molar-refractivity contribution >= 4 is 34.0 Å². The highest BCUT2D eigenvalue weighted by molar-refractivity contribution is 5.92. The molecule has 2 heterocycles. The second-order valence-electron chi connectivity index (χ2n) is 7.54. The number of aromatic nitrogens is 1. The van der Waals surface area contributed by atoms with Crippen LogP contribution in [-0.2, 0) is 6.18 Å². The quantitative estimate of drug-likeness (QED) is 0.296. The van der Waals surface area contributed by atoms with E-state index in [4.69, 9.17) is 4.42 Å². The topological polar surface area (TPSA) is 43.1 Å². The fourth-order valence-corrected chi connectivity index (χ4v) is 3.67. The van der Waals surface area contributed by atoms with Crippen molar-refractivity contribution in [2.24, 2.45) is 0 Å². The number of benzene rings is 3. The number of para-hydroxylation sites is 2. The van der Waals surface area contributed by atoms with Gasteiger partial charge in [0.1, 0.15) is 11.3 Å². The van der Waals surface area contributed by atoms with Gasteiger partial charge in [-0.1, -0.05) is 54.6 Å². The Balaban J connectivity index is 1.60. The number of nitrogens with zero attached hydrogens (tertiary/aromatic N) is 1. The molecule has 0 fully saturated rings. The minimum Gasteiger partial charge on any atom is -0.454 e. The Morgan fingerprint density at radius 2 is 1.48 bits per heavy atom. The molecule has 0 N–H and O–H groups in total. The molecule has 0 atom stereocenters. The van der Waals surface area contributed by atoms with Crippen LogP contribution in [-0.4, -0.2) is 4.98 Å². The van der Waals surface area contributed by atoms with Crippen LogP contribution in [0.3, 0.4) is 0 Å². The van der Waals surface area contributed by atoms with Gasteiger partial charge in [-0.3, -0.25) is 4.79 Å². The molecule has 0 saturated carbocycles. The third kappa shape index (κ3) is 4.15. The molecule has 0 radical (unpaired) electrons. The monoisotopic (exact) mass is 443 g/mol. The number of halogens is 3. The molecule has 0 amide bonds. The van der Waals surface area contributed by atoms with Crippen molar-refractivity contribution in [3.63, 3.8) is 0 Å². The van der Waals surface area contributed by atoms with Crippen LogP contribution in [0.4, 0.5) is 13.2 Å². The van der Waals surface area contributed by atoms with E-state index in [2.05, 4.69) is 4.98 Å². The summed E-state index contributed by atoms with van der Waals surface area (Å²) in [5.41, 5.74) is 2.23. The molecule has 0 aliphatic heterocycles. The number of fused-ring (bicyclic) bond motifs is 2. The SMILES string of the molecule is O=c1cc(-c2cc(/C=C/c3ccc(C(F)(F)F)cc3)c3ccccc3n2)oc2ccccc12. The summed E-state index contributed by atoms with van der Waals surface area (Å²) in [6.45, 7) is 0. The van der Waals surface area contributed by atoms with E-state index in [0.717, 1.165) is 23.1 Å². The van der Waals surface area contributed by atoms with Crippen molar-refractivity contribution in [3.8, 4) is 11.5 Å². The van der Waals surface area contributed by atoms with Crippen molar-refractivity contribution in [2.75, 3.05) is 0 Å². The van der Waals surface area contributed by atoms with Gasteiger partial charge in [0.25, 0.3) is 0 Å². The van der Waals surface area contributed by atoms with Gasteiger partial charge >= 0.3 is 6.18 Å². The minimum absolute atomic E-state index is 0.163. The van der Waals surface area contributed by atoms with Crippen LogP contribution in [0, 0.1) is 0 Å². The van der Waals surface area contributed by atoms with Gasteiger partial charge in [0, 0.05) is 11.5 Å². The Bertz CT molecular complexity index is 1570. The Morgan fingerprint density at radius 3 is 2.24 bits per heavy atom. The first-order chi connectivity index (χ1) is 15.9. The molecule has 3 nitrogen and oxygen atoms in total. The van der Waals surface area contributed by atoms with E-state index in [0.29, 0.717) is 33.5 Å². The number of hydrogen-bond acceptors (Lipinski definition) is 3. The third-order valence-corrected chi connectivity index (χ3v) is 5.33. The van der Waals surface area contributed by atoms with Crippen LogP contribution in [0.2, 0.25) is 0 Å². The lowest BCUT2D eigenvalue weighted by molar-refractivity contribution is -0.137. The van der Waals surface area contributed by atoms with Crippen molar-refractivity contribution in [1.82, 2.24) is 4.98 Å². The van der Waals surface area contributed by atoms with Gasteiger partial charge in [-0.05, 0) is 47.5 Å². The van der Waals surface area contributed by atoms with Crippen LogP contribution in [0.5, 0.6) is 0 Å². The second kappa shape index (κ2) is 8.06. The molecule has 0 bridgehead atoms. The summed E-state index contributed by atoms with van der Waals surface area (Å²) in [6, 6.07) is 22.7. The van der Waals surface area contributed by atoms with Crippen molar-refractivity contribution in [2.45, 2.75) is 6.18 Å². The molecule has 3 aromatic carbocycles. The minimum atomic E-state index is -4.37. The van der Waals surface area contributed by atoms with Gasteiger partial charge in [0.2, 0.25) is 0 Å². The Morgan fingerprint density at radius 1 is 0.788 bits per heavy atom. The highest BCUT2D eigenvalue weighted by Crippen LogP contribution is 2.30. The summed E-state index contributed by atoms with van der Waals surface area (Å²) >= 11 is 0. The Hall–Kier alpha value is -4.19. The largest absolute Gasteiger partial charge is 0.454 e. The predicted molar refractivity (Wildman–Crippen MR) is 124 cm³/mol. The molecule has 0 spiro atoms. The van der Waals surface area contributed by atoms with Crippen molar-refractivity contribution in [1.29, 1.82) is 0 Å². The lowest BCUT2D eigenvalue weighted by Gasteiger charge is -2.08. The maximum absolute atomic E-state index is 12.8. The van der Waals surface area contributed by atoms with Gasteiger partial charge < -0.3 is 4.42 Å². The summed E-state index contributed by atoms with van der Waals surface area (Å²) in [4.78, 5) is 17.2. The summed E-state index contributed by atoms with van der Waals surface area (Å²) in [5.74, 6) is 0.341. The van der Waals surface area contributed by atoms with Crippen LogP contribution < -0.4 is 5.43 Å². The summed E-state index contributed by atoms with van der Waals surface area (Å²) in [6.07, 6.45) is -0.820. The molecule has 6 heteroatoms. The van der Waals surface area contributed by atoms with Crippen molar-refractivity contribution < 1.29 is 17.6 Å². The molecule has 162 valence electrons. The van der Waals surface area contributed by atoms with E-state index < -0.39 is 11.7 Å². The van der Waals surface area contributed by atoms with E-state index in [-0.39, 0.29) is 5.43 Å². The molecule has 0 aliphatic rings. The number of alkyl halides is 3. The molecule has 5 aromatic rings. The van der Waals surface area contributed by atoms with E-state index >= 15 is 0 Å². The van der Waals surface area contributed by atoms with E-state index in [1.54, 1.807) is 36.4 Å². The maximum atomic E-state index is 12.8. The molecular formula is C27H16F3NO2. The number of hydrogen-bond donors (Lipinski definition) is 0. The van der Waals surface area contributed by atoms with E-state index in [1.807, 2.05) is 30.3 Å². The smallest absolute Gasteiger partial charge is 0.416 e. The van der Waals surface area contributed by atoms with Gasteiger partial charge in [-0.15, -0.1) is 0 Å². The van der Waals surface area contributed by atoms with Gasteiger partial charge in [0.15, 0.2) is 11.2 Å². The average molecular weight is 443 g/mol. The number of pyridine rings is 1. The lowest BCUT2D eigenvalue weighted by Crippen LogP contribution is -2.03.